The number of hydrogen-bond acceptors (Lipinski definition) is 5. The minimum absolute atomic E-state index is 0.292. The Kier molecular flexibility index (Phi) is 18.0. The van der Waals surface area contributed by atoms with Crippen molar-refractivity contribution in [3.05, 3.63) is 0 Å². The Labute approximate surface area is 169 Å². The Hall–Kier alpha value is -0.0400. The van der Waals surface area contributed by atoms with Crippen LogP contribution in [0.2, 0.25) is 0 Å². The minimum atomic E-state index is -3.80. The maximum atomic E-state index is 11.7. The molecule has 0 aliphatic rings. The van der Waals surface area contributed by atoms with Gasteiger partial charge in [-0.3, -0.25) is 4.79 Å². The molecule has 0 saturated heterocycles. The number of aliphatic hydroxyl groups is 1. The Morgan fingerprint density at radius 3 is 1.74 bits per heavy atom. The van der Waals surface area contributed by atoms with E-state index < -0.39 is 25.4 Å². The van der Waals surface area contributed by atoms with Gasteiger partial charge in [-0.15, -0.1) is 0 Å². The van der Waals surface area contributed by atoms with E-state index in [-0.39, 0.29) is 6.61 Å². The fourth-order valence-electron chi connectivity index (χ4n) is 2.84. The molecular formula is C19H39O6PS. The van der Waals surface area contributed by atoms with Crippen LogP contribution in [0.3, 0.4) is 0 Å². The third kappa shape index (κ3) is 20.5. The van der Waals surface area contributed by atoms with Crippen LogP contribution in [-0.4, -0.2) is 40.2 Å². The van der Waals surface area contributed by atoms with Crippen molar-refractivity contribution in [2.75, 3.05) is 13.2 Å². The number of ether oxygens (including phenoxy) is 1. The summed E-state index contributed by atoms with van der Waals surface area (Å²) in [5, 5.41) is 9.11. The summed E-state index contributed by atoms with van der Waals surface area (Å²) in [5.41, 5.74) is 0. The van der Waals surface area contributed by atoms with Gasteiger partial charge in [0.25, 0.3) is 0 Å². The molecule has 1 atom stereocenters. The van der Waals surface area contributed by atoms with Gasteiger partial charge in [0.1, 0.15) is 6.10 Å². The second-order valence-electron chi connectivity index (χ2n) is 7.07. The van der Waals surface area contributed by atoms with Crippen LogP contribution < -0.4 is 0 Å². The van der Waals surface area contributed by atoms with Crippen LogP contribution in [0.15, 0.2) is 0 Å². The highest BCUT2D eigenvalue weighted by Crippen LogP contribution is 2.36. The molecule has 0 fully saturated rings. The Bertz CT molecular complexity index is 402. The van der Waals surface area contributed by atoms with Crippen molar-refractivity contribution in [3.63, 3.8) is 0 Å². The number of carbonyl (C=O) groups is 1. The summed E-state index contributed by atoms with van der Waals surface area (Å²) in [5.74, 6) is -0.412. The highest BCUT2D eigenvalue weighted by molar-refractivity contribution is 8.06. The largest absolute Gasteiger partial charge is 0.457 e. The van der Waals surface area contributed by atoms with E-state index in [2.05, 4.69) is 23.3 Å². The molecule has 0 saturated carbocycles. The topological polar surface area (TPSA) is 96.2 Å². The zero-order valence-electron chi connectivity index (χ0n) is 16.8. The molecule has 0 bridgehead atoms. The van der Waals surface area contributed by atoms with Crippen molar-refractivity contribution in [1.82, 2.24) is 0 Å². The van der Waals surface area contributed by atoms with Gasteiger partial charge in [0, 0.05) is 6.42 Å². The zero-order chi connectivity index (χ0) is 20.4. The van der Waals surface area contributed by atoms with Crippen molar-refractivity contribution in [3.8, 4) is 0 Å². The lowest BCUT2D eigenvalue weighted by molar-refractivity contribution is -0.153. The van der Waals surface area contributed by atoms with Gasteiger partial charge in [0.2, 0.25) is 0 Å². The summed E-state index contributed by atoms with van der Waals surface area (Å²) >= 11 is 4.31. The molecule has 0 aliphatic heterocycles. The fourth-order valence-corrected chi connectivity index (χ4v) is 3.38. The van der Waals surface area contributed by atoms with Crippen molar-refractivity contribution in [2.24, 2.45) is 0 Å². The van der Waals surface area contributed by atoms with Gasteiger partial charge in [-0.25, -0.2) is 0 Å². The normalized spacial score (nSPS) is 12.9. The van der Waals surface area contributed by atoms with Crippen LogP contribution in [0.1, 0.15) is 96.8 Å². The molecule has 0 aromatic carbocycles. The van der Waals surface area contributed by atoms with Crippen molar-refractivity contribution >= 4 is 24.5 Å². The number of hydrogen-bond donors (Lipinski definition) is 3. The van der Waals surface area contributed by atoms with E-state index in [9.17, 15) is 4.79 Å². The maximum absolute atomic E-state index is 11.7. The van der Waals surface area contributed by atoms with E-state index in [4.69, 9.17) is 19.6 Å². The molecule has 0 heterocycles. The van der Waals surface area contributed by atoms with Gasteiger partial charge in [-0.2, -0.15) is 0 Å². The molecule has 8 heteroatoms. The molecule has 3 N–H and O–H groups in total. The summed E-state index contributed by atoms with van der Waals surface area (Å²) in [7, 11) is 0. The lowest BCUT2D eigenvalue weighted by Crippen LogP contribution is -2.26. The summed E-state index contributed by atoms with van der Waals surface area (Å²) in [6.45, 7) is -2.31. The second kappa shape index (κ2) is 18.0. The second-order valence-corrected chi connectivity index (χ2v) is 9.74. The Balaban J connectivity index is 3.46. The highest BCUT2D eigenvalue weighted by atomic mass is 32.5. The van der Waals surface area contributed by atoms with Crippen molar-refractivity contribution < 1.29 is 28.9 Å². The SMILES string of the molecule is CCCCCCCCCCCCCCCC(=O)OC(CO)COP(O)(O)=S. The Morgan fingerprint density at radius 2 is 1.33 bits per heavy atom. The molecule has 0 aromatic rings. The molecule has 27 heavy (non-hydrogen) atoms. The number of esters is 1. The van der Waals surface area contributed by atoms with Crippen molar-refractivity contribution in [1.29, 1.82) is 0 Å². The third-order valence-corrected chi connectivity index (χ3v) is 5.22. The number of unbranched alkanes of at least 4 members (excludes halogenated alkanes) is 12. The standard InChI is InChI=1S/C19H39O6PS/c1-2-3-4-5-6-7-8-9-10-11-12-13-14-15-19(21)25-18(16-20)17-24-26(22,23)27/h18,20H,2-17H2,1H3,(H2,22,23,27). The first kappa shape index (κ1) is 27.0. The van der Waals surface area contributed by atoms with Crippen LogP contribution in [0.25, 0.3) is 0 Å². The Morgan fingerprint density at radius 1 is 0.889 bits per heavy atom. The van der Waals surface area contributed by atoms with Crippen LogP contribution in [-0.2, 0) is 25.9 Å². The van der Waals surface area contributed by atoms with E-state index in [1.807, 2.05) is 0 Å². The molecule has 1 unspecified atom stereocenters. The van der Waals surface area contributed by atoms with E-state index in [0.717, 1.165) is 19.3 Å². The molecule has 0 amide bonds. The quantitative estimate of drug-likeness (QED) is 0.158. The van der Waals surface area contributed by atoms with E-state index in [1.165, 1.54) is 64.2 Å². The molecule has 162 valence electrons. The van der Waals surface area contributed by atoms with E-state index in [0.29, 0.717) is 6.42 Å². The predicted octanol–water partition coefficient (Wildman–Crippen LogP) is 4.60. The van der Waals surface area contributed by atoms with Gasteiger partial charge in [-0.1, -0.05) is 84.0 Å². The number of carbonyl (C=O) groups excluding carboxylic acids is 1. The first-order valence-electron chi connectivity index (χ1n) is 10.4. The average molecular weight is 427 g/mol. The van der Waals surface area contributed by atoms with Gasteiger partial charge in [0.05, 0.1) is 13.2 Å². The summed E-state index contributed by atoms with van der Waals surface area (Å²) < 4.78 is 9.64. The zero-order valence-corrected chi connectivity index (χ0v) is 18.5. The average Bonchev–Trinajstić information content (AvgIpc) is 2.61. The lowest BCUT2D eigenvalue weighted by Gasteiger charge is -2.17. The van der Waals surface area contributed by atoms with Crippen LogP contribution in [0, 0.1) is 0 Å². The van der Waals surface area contributed by atoms with Crippen LogP contribution in [0.4, 0.5) is 0 Å². The summed E-state index contributed by atoms with van der Waals surface area (Å²) in [4.78, 5) is 29.6. The molecular weight excluding hydrogens is 387 g/mol. The molecule has 0 rings (SSSR count). The van der Waals surface area contributed by atoms with Gasteiger partial charge in [0.15, 0.2) is 0 Å². The van der Waals surface area contributed by atoms with Gasteiger partial charge >= 0.3 is 12.7 Å². The molecule has 0 aromatic heterocycles. The predicted molar refractivity (Wildman–Crippen MR) is 112 cm³/mol. The maximum Gasteiger partial charge on any atom is 0.322 e. The van der Waals surface area contributed by atoms with Crippen LogP contribution in [0.5, 0.6) is 0 Å². The molecule has 0 aliphatic carbocycles. The van der Waals surface area contributed by atoms with E-state index >= 15 is 0 Å². The summed E-state index contributed by atoms with van der Waals surface area (Å²) in [6.07, 6.45) is 15.5. The molecule has 6 nitrogen and oxygen atoms in total. The third-order valence-electron chi connectivity index (χ3n) is 4.41. The van der Waals surface area contributed by atoms with Crippen molar-refractivity contribution in [2.45, 2.75) is 103 Å². The fraction of sp³-hybridized carbons (Fsp3) is 0.947. The first-order chi connectivity index (χ1) is 12.9. The number of rotatable bonds is 19. The monoisotopic (exact) mass is 426 g/mol. The summed E-state index contributed by atoms with van der Waals surface area (Å²) in [6, 6.07) is 0. The molecule has 0 radical (unpaired) electrons. The first-order valence-corrected chi connectivity index (χ1v) is 13.0. The minimum Gasteiger partial charge on any atom is -0.457 e. The van der Waals surface area contributed by atoms with Crippen LogP contribution >= 0.6 is 6.72 Å². The highest BCUT2D eigenvalue weighted by Gasteiger charge is 2.17. The number of aliphatic hydroxyl groups excluding tert-OH is 1. The lowest BCUT2D eigenvalue weighted by atomic mass is 10.0. The van der Waals surface area contributed by atoms with E-state index in [1.54, 1.807) is 0 Å². The molecule has 0 spiro atoms. The van der Waals surface area contributed by atoms with Gasteiger partial charge in [-0.05, 0) is 18.2 Å². The smallest absolute Gasteiger partial charge is 0.322 e. The van der Waals surface area contributed by atoms with Gasteiger partial charge < -0.3 is 24.2 Å².